The number of hydrogen-bond acceptors (Lipinski definition) is 2. The van der Waals surface area contributed by atoms with Gasteiger partial charge in [0.15, 0.2) is 5.82 Å². The lowest BCUT2D eigenvalue weighted by atomic mass is 10.0. The maximum absolute atomic E-state index is 5.47. The normalized spacial score (nSPS) is 12.0. The summed E-state index contributed by atoms with van der Waals surface area (Å²) >= 11 is 0. The predicted molar refractivity (Wildman–Crippen MR) is 228 cm³/mol. The Morgan fingerprint density at radius 3 is 1.29 bits per heavy atom. The molecule has 8 aromatic carbocycles. The van der Waals surface area contributed by atoms with E-state index in [9.17, 15) is 0 Å². The summed E-state index contributed by atoms with van der Waals surface area (Å²) in [6.45, 7) is 0. The molecule has 256 valence electrons. The van der Waals surface area contributed by atoms with Gasteiger partial charge >= 0.3 is 0 Å². The first-order chi connectivity index (χ1) is 27.3. The van der Waals surface area contributed by atoms with Crippen LogP contribution in [0.5, 0.6) is 0 Å². The van der Waals surface area contributed by atoms with E-state index in [1.165, 1.54) is 43.7 Å². The molecule has 4 aromatic heterocycles. The smallest absolute Gasteiger partial charge is 0.237 e. The van der Waals surface area contributed by atoms with Crippen LogP contribution in [0.2, 0.25) is 0 Å². The molecule has 0 spiro atoms. The van der Waals surface area contributed by atoms with E-state index in [4.69, 9.17) is 9.97 Å². The van der Waals surface area contributed by atoms with E-state index in [1.54, 1.807) is 0 Å². The largest absolute Gasteiger partial charge is 0.309 e. The van der Waals surface area contributed by atoms with Gasteiger partial charge in [0.1, 0.15) is 0 Å². The number of fused-ring (bicyclic) bond motifs is 10. The number of nitrogens with zero attached hydrogens (tertiary/aromatic N) is 5. The summed E-state index contributed by atoms with van der Waals surface area (Å²) in [6, 6.07) is 67.1. The number of benzene rings is 8. The van der Waals surface area contributed by atoms with E-state index in [2.05, 4.69) is 202 Å². The summed E-state index contributed by atoms with van der Waals surface area (Å²) in [5.74, 6) is 1.51. The molecular formula is C50H31N5. The molecule has 12 rings (SSSR count). The monoisotopic (exact) mass is 701 g/mol. The molecule has 0 aliphatic heterocycles. The fourth-order valence-electron chi connectivity index (χ4n) is 8.84. The van der Waals surface area contributed by atoms with Crippen molar-refractivity contribution in [3.8, 4) is 28.6 Å². The molecule has 5 nitrogen and oxygen atoms in total. The quantitative estimate of drug-likeness (QED) is 0.183. The first-order valence-corrected chi connectivity index (χ1v) is 18.7. The van der Waals surface area contributed by atoms with E-state index >= 15 is 0 Å². The van der Waals surface area contributed by atoms with Crippen molar-refractivity contribution >= 4 is 76.3 Å². The second-order valence-corrected chi connectivity index (χ2v) is 14.2. The van der Waals surface area contributed by atoms with Crippen molar-refractivity contribution in [3.63, 3.8) is 0 Å². The number of rotatable bonds is 4. The molecule has 0 bridgehead atoms. The molecule has 0 amide bonds. The molecule has 0 radical (unpaired) electrons. The molecule has 0 unspecified atom stereocenters. The standard InChI is InChI=1S/C50H31N5/c1-2-14-34(15-3-1)53-43-22-10-7-18-37(43)40-30-32(26-28-47(40)53)33-27-29-48-41(31-33)38-19-8-13-25-46(38)55(48)50-51-42-21-9-4-20-39(42)49(52-50)54-44-23-11-5-16-35(44)36-17-6-12-24-45(36)54/h1-31H. The summed E-state index contributed by atoms with van der Waals surface area (Å²) in [5, 5.41) is 8.22. The zero-order chi connectivity index (χ0) is 36.0. The van der Waals surface area contributed by atoms with Crippen LogP contribution in [0.3, 0.4) is 0 Å². The Morgan fingerprint density at radius 2 is 0.709 bits per heavy atom. The molecule has 0 N–H and O–H groups in total. The molecule has 0 saturated heterocycles. The summed E-state index contributed by atoms with van der Waals surface area (Å²) < 4.78 is 6.90. The SMILES string of the molecule is c1ccc(-n2c3ccccc3c3cc(-c4ccc5c(c4)c4ccccc4n5-c4nc(-n5c6ccccc6c6ccccc65)c5ccccc5n4)ccc32)cc1. The first-order valence-electron chi connectivity index (χ1n) is 18.7. The van der Waals surface area contributed by atoms with E-state index in [0.29, 0.717) is 5.95 Å². The number of aromatic nitrogens is 5. The summed E-state index contributed by atoms with van der Waals surface area (Å²) in [7, 11) is 0. The van der Waals surface area contributed by atoms with Gasteiger partial charge in [-0.3, -0.25) is 9.13 Å². The van der Waals surface area contributed by atoms with Crippen LogP contribution in [-0.4, -0.2) is 23.7 Å². The molecule has 0 aliphatic rings. The van der Waals surface area contributed by atoms with E-state index in [-0.39, 0.29) is 0 Å². The maximum Gasteiger partial charge on any atom is 0.237 e. The van der Waals surface area contributed by atoms with Gasteiger partial charge in [0.25, 0.3) is 0 Å². The predicted octanol–water partition coefficient (Wildman–Crippen LogP) is 12.6. The van der Waals surface area contributed by atoms with Gasteiger partial charge < -0.3 is 4.57 Å². The van der Waals surface area contributed by atoms with Gasteiger partial charge in [-0.1, -0.05) is 115 Å². The summed E-state index contributed by atoms with van der Waals surface area (Å²) in [5.41, 5.74) is 11.2. The van der Waals surface area contributed by atoms with Crippen LogP contribution >= 0.6 is 0 Å². The summed E-state index contributed by atoms with van der Waals surface area (Å²) in [6.07, 6.45) is 0. The molecule has 5 heteroatoms. The second-order valence-electron chi connectivity index (χ2n) is 14.2. The lowest BCUT2D eigenvalue weighted by molar-refractivity contribution is 0.972. The van der Waals surface area contributed by atoms with Crippen molar-refractivity contribution in [2.45, 2.75) is 0 Å². The third-order valence-electron chi connectivity index (χ3n) is 11.3. The zero-order valence-electron chi connectivity index (χ0n) is 29.6. The Kier molecular flexibility index (Phi) is 6.27. The first kappa shape index (κ1) is 30.0. The van der Waals surface area contributed by atoms with Crippen LogP contribution in [0, 0.1) is 0 Å². The van der Waals surface area contributed by atoms with Crippen LogP contribution in [0.1, 0.15) is 0 Å². The topological polar surface area (TPSA) is 40.6 Å². The fraction of sp³-hybridized carbons (Fsp3) is 0. The molecule has 4 heterocycles. The van der Waals surface area contributed by atoms with Crippen LogP contribution in [0.25, 0.3) is 105 Å². The molecule has 0 aliphatic carbocycles. The van der Waals surface area contributed by atoms with Crippen molar-refractivity contribution in [3.05, 3.63) is 188 Å². The van der Waals surface area contributed by atoms with E-state index < -0.39 is 0 Å². The zero-order valence-corrected chi connectivity index (χ0v) is 29.6. The van der Waals surface area contributed by atoms with Gasteiger partial charge in [0.05, 0.1) is 38.6 Å². The van der Waals surface area contributed by atoms with Crippen LogP contribution < -0.4 is 0 Å². The number of para-hydroxylation sites is 6. The fourth-order valence-corrected chi connectivity index (χ4v) is 8.84. The van der Waals surface area contributed by atoms with E-state index in [0.717, 1.165) is 55.2 Å². The minimum absolute atomic E-state index is 0.643. The minimum Gasteiger partial charge on any atom is -0.309 e. The molecule has 55 heavy (non-hydrogen) atoms. The lowest BCUT2D eigenvalue weighted by Gasteiger charge is -2.14. The van der Waals surface area contributed by atoms with Crippen molar-refractivity contribution in [1.29, 1.82) is 0 Å². The van der Waals surface area contributed by atoms with Crippen molar-refractivity contribution in [1.82, 2.24) is 23.7 Å². The van der Waals surface area contributed by atoms with Crippen molar-refractivity contribution in [2.75, 3.05) is 0 Å². The highest BCUT2D eigenvalue weighted by Gasteiger charge is 2.21. The van der Waals surface area contributed by atoms with Crippen molar-refractivity contribution < 1.29 is 0 Å². The van der Waals surface area contributed by atoms with Gasteiger partial charge in [-0.25, -0.2) is 4.98 Å². The highest BCUT2D eigenvalue weighted by atomic mass is 15.2. The molecular weight excluding hydrogens is 671 g/mol. The van der Waals surface area contributed by atoms with Gasteiger partial charge in [0, 0.05) is 43.4 Å². The van der Waals surface area contributed by atoms with Crippen molar-refractivity contribution in [2.24, 2.45) is 0 Å². The third-order valence-corrected chi connectivity index (χ3v) is 11.3. The highest BCUT2D eigenvalue weighted by Crippen LogP contribution is 2.39. The molecule has 0 saturated carbocycles. The van der Waals surface area contributed by atoms with Gasteiger partial charge in [-0.2, -0.15) is 4.98 Å². The summed E-state index contributed by atoms with van der Waals surface area (Å²) in [4.78, 5) is 10.7. The molecule has 12 aromatic rings. The number of hydrogen-bond donors (Lipinski definition) is 0. The minimum atomic E-state index is 0.643. The van der Waals surface area contributed by atoms with Gasteiger partial charge in [0.2, 0.25) is 5.95 Å². The Balaban J connectivity index is 1.08. The average molecular weight is 702 g/mol. The average Bonchev–Trinajstić information content (AvgIpc) is 3.89. The highest BCUT2D eigenvalue weighted by molar-refractivity contribution is 6.13. The van der Waals surface area contributed by atoms with Crippen LogP contribution in [-0.2, 0) is 0 Å². The van der Waals surface area contributed by atoms with Crippen LogP contribution in [0.4, 0.5) is 0 Å². The Labute approximate surface area is 315 Å². The molecule has 0 atom stereocenters. The van der Waals surface area contributed by atoms with E-state index in [1.807, 2.05) is 0 Å². The Bertz CT molecular complexity index is 3440. The lowest BCUT2D eigenvalue weighted by Crippen LogP contribution is -2.07. The Hall–Kier alpha value is -7.50. The van der Waals surface area contributed by atoms with Gasteiger partial charge in [-0.15, -0.1) is 0 Å². The molecule has 0 fully saturated rings. The Morgan fingerprint density at radius 1 is 0.291 bits per heavy atom. The maximum atomic E-state index is 5.47. The third kappa shape index (κ3) is 4.35. The van der Waals surface area contributed by atoms with Crippen LogP contribution in [0.15, 0.2) is 188 Å². The second kappa shape index (κ2) is 11.5. The van der Waals surface area contributed by atoms with Gasteiger partial charge in [-0.05, 0) is 83.9 Å².